The molecule has 0 radical (unpaired) electrons. The summed E-state index contributed by atoms with van der Waals surface area (Å²) < 4.78 is 12.9. The largest absolute Gasteiger partial charge is 0.497 e. The number of carbonyl (C=O) groups is 1. The minimum absolute atomic E-state index is 0.0409. The second kappa shape index (κ2) is 8.86. The Morgan fingerprint density at radius 2 is 2.00 bits per heavy atom. The third-order valence-electron chi connectivity index (χ3n) is 6.30. The Kier molecular flexibility index (Phi) is 6.04. The van der Waals surface area contributed by atoms with Crippen LogP contribution in [0.15, 0.2) is 30.5 Å². The van der Waals surface area contributed by atoms with E-state index in [1.807, 2.05) is 22.9 Å². The van der Waals surface area contributed by atoms with Gasteiger partial charge in [0.2, 0.25) is 0 Å². The average Bonchev–Trinajstić information content (AvgIpc) is 3.49. The van der Waals surface area contributed by atoms with Gasteiger partial charge in [-0.25, -0.2) is 4.68 Å². The standard InChI is InChI=1S/C22H30N4O3/c1-28-17-9-10-18(20(14-17)29-2)19-8-5-13-25(19)15-22(27)24-21-11-12-23-26(21)16-6-3-4-7-16/h9-12,14,16,19H,3-8,13,15H2,1-2H3,(H,24,27)/p+1/t19-/m0/s1. The number of carbonyl (C=O) groups excluding carboxylic acids is 1. The Balaban J connectivity index is 1.44. The van der Waals surface area contributed by atoms with Crippen molar-refractivity contribution in [3.8, 4) is 11.5 Å². The van der Waals surface area contributed by atoms with E-state index in [1.165, 1.54) is 17.7 Å². The average molecular weight is 400 g/mol. The molecule has 156 valence electrons. The van der Waals surface area contributed by atoms with Gasteiger partial charge < -0.3 is 19.7 Å². The van der Waals surface area contributed by atoms with Gasteiger partial charge in [-0.1, -0.05) is 12.8 Å². The molecule has 7 heteroatoms. The van der Waals surface area contributed by atoms with E-state index in [0.717, 1.165) is 55.1 Å². The molecule has 0 spiro atoms. The van der Waals surface area contributed by atoms with Gasteiger partial charge in [0.1, 0.15) is 23.4 Å². The number of aromatic nitrogens is 2. The SMILES string of the molecule is COc1ccc([C@@H]2CCC[NH+]2CC(=O)Nc2ccnn2C2CCCC2)c(OC)c1. The van der Waals surface area contributed by atoms with Crippen LogP contribution in [0.3, 0.4) is 0 Å². The molecule has 1 saturated heterocycles. The first-order valence-electron chi connectivity index (χ1n) is 10.6. The summed E-state index contributed by atoms with van der Waals surface area (Å²) in [7, 11) is 3.34. The molecule has 2 aromatic rings. The number of methoxy groups -OCH3 is 2. The number of benzene rings is 1. The highest BCUT2D eigenvalue weighted by Crippen LogP contribution is 2.32. The maximum absolute atomic E-state index is 12.8. The van der Waals surface area contributed by atoms with Crippen LogP contribution in [-0.2, 0) is 4.79 Å². The fourth-order valence-electron chi connectivity index (χ4n) is 4.85. The predicted octanol–water partition coefficient (Wildman–Crippen LogP) is 2.37. The normalized spacial score (nSPS) is 22.0. The van der Waals surface area contributed by atoms with Crippen molar-refractivity contribution in [1.82, 2.24) is 9.78 Å². The van der Waals surface area contributed by atoms with Crippen molar-refractivity contribution in [2.45, 2.75) is 50.6 Å². The zero-order chi connectivity index (χ0) is 20.2. The third kappa shape index (κ3) is 4.24. The maximum Gasteiger partial charge on any atom is 0.280 e. The van der Waals surface area contributed by atoms with Crippen LogP contribution in [-0.4, -0.2) is 43.0 Å². The minimum atomic E-state index is 0.0409. The fraction of sp³-hybridized carbons (Fsp3) is 0.545. The van der Waals surface area contributed by atoms with E-state index >= 15 is 0 Å². The molecule has 29 heavy (non-hydrogen) atoms. The number of likely N-dealkylation sites (tertiary alicyclic amines) is 1. The molecule has 1 aromatic heterocycles. The number of amides is 1. The second-order valence-electron chi connectivity index (χ2n) is 8.04. The first-order valence-corrected chi connectivity index (χ1v) is 10.6. The minimum Gasteiger partial charge on any atom is -0.497 e. The molecule has 2 atom stereocenters. The van der Waals surface area contributed by atoms with E-state index in [1.54, 1.807) is 20.4 Å². The van der Waals surface area contributed by atoms with Gasteiger partial charge in [-0.15, -0.1) is 0 Å². The van der Waals surface area contributed by atoms with Crippen molar-refractivity contribution < 1.29 is 19.2 Å². The summed E-state index contributed by atoms with van der Waals surface area (Å²) in [6, 6.07) is 8.52. The van der Waals surface area contributed by atoms with Crippen LogP contribution in [0.25, 0.3) is 0 Å². The molecule has 1 unspecified atom stereocenters. The van der Waals surface area contributed by atoms with Crippen LogP contribution in [0, 0.1) is 0 Å². The van der Waals surface area contributed by atoms with E-state index < -0.39 is 0 Å². The van der Waals surface area contributed by atoms with Crippen LogP contribution in [0.1, 0.15) is 56.2 Å². The highest BCUT2D eigenvalue weighted by atomic mass is 16.5. The Bertz CT molecular complexity index is 844. The molecule has 2 aliphatic rings. The number of ether oxygens (including phenoxy) is 2. The number of quaternary nitrogens is 1. The summed E-state index contributed by atoms with van der Waals surface area (Å²) in [6.45, 7) is 1.42. The van der Waals surface area contributed by atoms with E-state index in [-0.39, 0.29) is 11.9 Å². The first-order chi connectivity index (χ1) is 14.2. The van der Waals surface area contributed by atoms with Gasteiger partial charge in [-0.2, -0.15) is 5.10 Å². The van der Waals surface area contributed by atoms with Crippen molar-refractivity contribution in [3.05, 3.63) is 36.0 Å². The number of hydrogen-bond donors (Lipinski definition) is 2. The predicted molar refractivity (Wildman–Crippen MR) is 111 cm³/mol. The van der Waals surface area contributed by atoms with Gasteiger partial charge >= 0.3 is 0 Å². The van der Waals surface area contributed by atoms with Crippen molar-refractivity contribution in [3.63, 3.8) is 0 Å². The van der Waals surface area contributed by atoms with E-state index in [4.69, 9.17) is 9.47 Å². The van der Waals surface area contributed by atoms with Gasteiger partial charge in [-0.3, -0.25) is 4.79 Å². The first kappa shape index (κ1) is 19.8. The third-order valence-corrected chi connectivity index (χ3v) is 6.30. The van der Waals surface area contributed by atoms with Crippen LogP contribution in [0.5, 0.6) is 11.5 Å². The molecule has 1 amide bonds. The molecule has 7 nitrogen and oxygen atoms in total. The number of rotatable bonds is 7. The highest BCUT2D eigenvalue weighted by molar-refractivity contribution is 5.90. The topological polar surface area (TPSA) is 69.8 Å². The lowest BCUT2D eigenvalue weighted by Crippen LogP contribution is -3.11. The second-order valence-corrected chi connectivity index (χ2v) is 8.04. The van der Waals surface area contributed by atoms with E-state index in [2.05, 4.69) is 16.5 Å². The smallest absolute Gasteiger partial charge is 0.280 e. The molecular formula is C22H31N4O3+. The van der Waals surface area contributed by atoms with Crippen LogP contribution >= 0.6 is 0 Å². The van der Waals surface area contributed by atoms with Crippen LogP contribution in [0.4, 0.5) is 5.82 Å². The molecule has 1 aliphatic heterocycles. The van der Waals surface area contributed by atoms with Gasteiger partial charge in [0.25, 0.3) is 5.91 Å². The summed E-state index contributed by atoms with van der Waals surface area (Å²) in [5, 5.41) is 7.55. The molecule has 1 saturated carbocycles. The van der Waals surface area contributed by atoms with Crippen molar-refractivity contribution in [1.29, 1.82) is 0 Å². The quantitative estimate of drug-likeness (QED) is 0.750. The van der Waals surface area contributed by atoms with Crippen LogP contribution in [0.2, 0.25) is 0 Å². The van der Waals surface area contributed by atoms with Crippen molar-refractivity contribution >= 4 is 11.7 Å². The number of nitrogens with zero attached hydrogens (tertiary/aromatic N) is 2. The molecule has 1 aromatic carbocycles. The summed E-state index contributed by atoms with van der Waals surface area (Å²) >= 11 is 0. The summed E-state index contributed by atoms with van der Waals surface area (Å²) in [4.78, 5) is 14.1. The van der Waals surface area contributed by atoms with Crippen LogP contribution < -0.4 is 19.7 Å². The molecule has 2 heterocycles. The highest BCUT2D eigenvalue weighted by Gasteiger charge is 2.34. The van der Waals surface area contributed by atoms with Gasteiger partial charge in [0.05, 0.1) is 38.6 Å². The molecule has 2 N–H and O–H groups in total. The Morgan fingerprint density at radius 1 is 1.17 bits per heavy atom. The lowest BCUT2D eigenvalue weighted by atomic mass is 10.0. The van der Waals surface area contributed by atoms with Crippen molar-refractivity contribution in [2.75, 3.05) is 32.6 Å². The Morgan fingerprint density at radius 3 is 2.76 bits per heavy atom. The maximum atomic E-state index is 12.8. The van der Waals surface area contributed by atoms with Gasteiger partial charge in [0.15, 0.2) is 6.54 Å². The van der Waals surface area contributed by atoms with E-state index in [0.29, 0.717) is 12.6 Å². The summed E-state index contributed by atoms with van der Waals surface area (Å²) in [6.07, 6.45) is 8.68. The molecule has 2 fully saturated rings. The summed E-state index contributed by atoms with van der Waals surface area (Å²) in [5.74, 6) is 2.47. The monoisotopic (exact) mass is 399 g/mol. The number of hydrogen-bond acceptors (Lipinski definition) is 4. The lowest BCUT2D eigenvalue weighted by molar-refractivity contribution is -0.910. The van der Waals surface area contributed by atoms with Gasteiger partial charge in [-0.05, 0) is 25.0 Å². The zero-order valence-corrected chi connectivity index (χ0v) is 17.3. The molecule has 4 rings (SSSR count). The Labute approximate surface area is 172 Å². The number of nitrogens with one attached hydrogen (secondary N) is 2. The van der Waals surface area contributed by atoms with Crippen molar-refractivity contribution in [2.24, 2.45) is 0 Å². The van der Waals surface area contributed by atoms with Gasteiger partial charge in [0, 0.05) is 25.0 Å². The van der Waals surface area contributed by atoms with E-state index in [9.17, 15) is 4.79 Å². The summed E-state index contributed by atoms with van der Waals surface area (Å²) in [5.41, 5.74) is 1.14. The number of anilines is 1. The zero-order valence-electron chi connectivity index (χ0n) is 17.3. The molecule has 0 bridgehead atoms. The molecular weight excluding hydrogens is 368 g/mol. The molecule has 1 aliphatic carbocycles. The lowest BCUT2D eigenvalue weighted by Gasteiger charge is -2.23. The fourth-order valence-corrected chi connectivity index (χ4v) is 4.85. The Hall–Kier alpha value is -2.54.